The lowest BCUT2D eigenvalue weighted by Crippen LogP contribution is -2.34. The van der Waals surface area contributed by atoms with Crippen LogP contribution in [0.2, 0.25) is 0 Å². The first-order valence-corrected chi connectivity index (χ1v) is 10.3. The fourth-order valence-corrected chi connectivity index (χ4v) is 3.47. The predicted octanol–water partition coefficient (Wildman–Crippen LogP) is 3.09. The molecule has 3 rings (SSSR count). The largest absolute Gasteiger partial charge is 0.387 e. The molecule has 0 unspecified atom stereocenters. The highest BCUT2D eigenvalue weighted by molar-refractivity contribution is 6.06. The lowest BCUT2D eigenvalue weighted by molar-refractivity contribution is -0.126. The van der Waals surface area contributed by atoms with Crippen molar-refractivity contribution in [3.8, 4) is 0 Å². The molecule has 0 saturated carbocycles. The van der Waals surface area contributed by atoms with Crippen LogP contribution in [0.5, 0.6) is 0 Å². The third kappa shape index (κ3) is 5.21. The SMILES string of the molecule is CCN(CCCN)C(=O)C1=Cc2ccc(C(=O)Cc3ccccc3)cc2N=C(N)C1. The van der Waals surface area contributed by atoms with E-state index < -0.39 is 0 Å². The van der Waals surface area contributed by atoms with Crippen molar-refractivity contribution in [2.45, 2.75) is 26.2 Å². The number of Topliss-reactive ketones (excluding diaryl/α,β-unsaturated/α-hetero) is 1. The van der Waals surface area contributed by atoms with E-state index in [9.17, 15) is 9.59 Å². The first kappa shape index (κ1) is 21.5. The third-order valence-corrected chi connectivity index (χ3v) is 5.10. The van der Waals surface area contributed by atoms with Gasteiger partial charge in [-0.25, -0.2) is 4.99 Å². The number of amidine groups is 1. The number of likely N-dealkylation sites (N-methyl/N-ethyl adjacent to an activating group) is 1. The van der Waals surface area contributed by atoms with Crippen LogP contribution in [0.4, 0.5) is 5.69 Å². The summed E-state index contributed by atoms with van der Waals surface area (Å²) in [5.41, 5.74) is 15.2. The highest BCUT2D eigenvalue weighted by Gasteiger charge is 2.21. The Bertz CT molecular complexity index is 980. The van der Waals surface area contributed by atoms with Gasteiger partial charge in [-0.15, -0.1) is 0 Å². The second-order valence-electron chi connectivity index (χ2n) is 7.34. The van der Waals surface area contributed by atoms with Crippen LogP contribution in [0, 0.1) is 0 Å². The number of fused-ring (bicyclic) bond motifs is 1. The van der Waals surface area contributed by atoms with Crippen molar-refractivity contribution >= 4 is 29.3 Å². The summed E-state index contributed by atoms with van der Waals surface area (Å²) < 4.78 is 0. The van der Waals surface area contributed by atoms with Gasteiger partial charge in [0.2, 0.25) is 5.91 Å². The number of aliphatic imine (C=N–C) groups is 1. The minimum Gasteiger partial charge on any atom is -0.387 e. The number of nitrogens with zero attached hydrogens (tertiary/aromatic N) is 2. The minimum absolute atomic E-state index is 0.0150. The lowest BCUT2D eigenvalue weighted by Gasteiger charge is -2.22. The van der Waals surface area contributed by atoms with Crippen molar-refractivity contribution in [3.05, 3.63) is 70.8 Å². The molecule has 0 atom stereocenters. The van der Waals surface area contributed by atoms with Gasteiger partial charge in [0.1, 0.15) is 5.84 Å². The predicted molar refractivity (Wildman–Crippen MR) is 121 cm³/mol. The van der Waals surface area contributed by atoms with Gasteiger partial charge in [0, 0.05) is 42.6 Å². The van der Waals surface area contributed by atoms with E-state index in [1.165, 1.54) is 0 Å². The van der Waals surface area contributed by atoms with E-state index >= 15 is 0 Å². The average molecular weight is 405 g/mol. The van der Waals surface area contributed by atoms with Gasteiger partial charge in [0.05, 0.1) is 5.69 Å². The Kier molecular flexibility index (Phi) is 7.14. The Labute approximate surface area is 177 Å². The van der Waals surface area contributed by atoms with E-state index in [0.717, 1.165) is 17.5 Å². The smallest absolute Gasteiger partial charge is 0.250 e. The van der Waals surface area contributed by atoms with Crippen LogP contribution in [0.15, 0.2) is 59.1 Å². The molecule has 1 aliphatic rings. The van der Waals surface area contributed by atoms with E-state index in [1.807, 2.05) is 49.4 Å². The summed E-state index contributed by atoms with van der Waals surface area (Å²) in [6, 6.07) is 15.0. The van der Waals surface area contributed by atoms with Crippen molar-refractivity contribution in [3.63, 3.8) is 0 Å². The van der Waals surface area contributed by atoms with Gasteiger partial charge in [-0.2, -0.15) is 0 Å². The summed E-state index contributed by atoms with van der Waals surface area (Å²) in [6.07, 6.45) is 3.18. The zero-order chi connectivity index (χ0) is 21.5. The third-order valence-electron chi connectivity index (χ3n) is 5.10. The molecule has 0 bridgehead atoms. The van der Waals surface area contributed by atoms with Crippen LogP contribution in [0.25, 0.3) is 6.08 Å². The van der Waals surface area contributed by atoms with E-state index in [0.29, 0.717) is 48.7 Å². The molecule has 30 heavy (non-hydrogen) atoms. The van der Waals surface area contributed by atoms with Gasteiger partial charge in [0.15, 0.2) is 5.78 Å². The standard InChI is InChI=1S/C24H28N4O2/c1-2-28(12-6-11-25)24(30)20-14-18-9-10-19(15-21(18)27-23(26)16-20)22(29)13-17-7-4-3-5-8-17/h3-5,7-10,14-15H,2,6,11-13,16,25H2,1H3,(H2,26,27). The second-order valence-corrected chi connectivity index (χ2v) is 7.34. The molecular weight excluding hydrogens is 376 g/mol. The van der Waals surface area contributed by atoms with E-state index in [1.54, 1.807) is 17.0 Å². The van der Waals surface area contributed by atoms with Crippen LogP contribution < -0.4 is 11.5 Å². The molecule has 6 heteroatoms. The molecular formula is C24H28N4O2. The van der Waals surface area contributed by atoms with Gasteiger partial charge >= 0.3 is 0 Å². The number of hydrogen-bond donors (Lipinski definition) is 2. The molecule has 4 N–H and O–H groups in total. The minimum atomic E-state index is -0.0545. The van der Waals surface area contributed by atoms with Crippen LogP contribution in [0.3, 0.4) is 0 Å². The van der Waals surface area contributed by atoms with Crippen LogP contribution in [0.1, 0.15) is 41.3 Å². The average Bonchev–Trinajstić information content (AvgIpc) is 2.92. The summed E-state index contributed by atoms with van der Waals surface area (Å²) >= 11 is 0. The van der Waals surface area contributed by atoms with Gasteiger partial charge in [-0.1, -0.05) is 42.5 Å². The summed E-state index contributed by atoms with van der Waals surface area (Å²) in [7, 11) is 0. The van der Waals surface area contributed by atoms with Crippen molar-refractivity contribution in [1.82, 2.24) is 4.90 Å². The first-order chi connectivity index (χ1) is 14.5. The Balaban J connectivity index is 1.86. The molecule has 0 radical (unpaired) electrons. The van der Waals surface area contributed by atoms with E-state index in [2.05, 4.69) is 4.99 Å². The van der Waals surface area contributed by atoms with Crippen LogP contribution in [-0.4, -0.2) is 42.1 Å². The highest BCUT2D eigenvalue weighted by Crippen LogP contribution is 2.29. The van der Waals surface area contributed by atoms with Crippen molar-refractivity contribution in [1.29, 1.82) is 0 Å². The maximum Gasteiger partial charge on any atom is 0.250 e. The molecule has 1 amide bonds. The number of nitrogens with two attached hydrogens (primary N) is 2. The number of amides is 1. The topological polar surface area (TPSA) is 102 Å². The lowest BCUT2D eigenvalue weighted by atomic mass is 10.00. The molecule has 1 heterocycles. The summed E-state index contributed by atoms with van der Waals surface area (Å²) in [5, 5.41) is 0. The molecule has 6 nitrogen and oxygen atoms in total. The molecule has 0 aliphatic carbocycles. The van der Waals surface area contributed by atoms with Crippen molar-refractivity contribution in [2.24, 2.45) is 16.5 Å². The number of ketones is 1. The maximum absolute atomic E-state index is 13.0. The number of rotatable bonds is 8. The van der Waals surface area contributed by atoms with Crippen molar-refractivity contribution in [2.75, 3.05) is 19.6 Å². The maximum atomic E-state index is 13.0. The Morgan fingerprint density at radius 1 is 1.13 bits per heavy atom. The molecule has 1 aliphatic heterocycles. The van der Waals surface area contributed by atoms with Crippen LogP contribution >= 0.6 is 0 Å². The van der Waals surface area contributed by atoms with Gasteiger partial charge in [-0.05, 0) is 37.6 Å². The molecule has 2 aromatic rings. The fourth-order valence-electron chi connectivity index (χ4n) is 3.47. The zero-order valence-electron chi connectivity index (χ0n) is 17.3. The monoisotopic (exact) mass is 404 g/mol. The molecule has 2 aromatic carbocycles. The molecule has 156 valence electrons. The highest BCUT2D eigenvalue weighted by atomic mass is 16.2. The first-order valence-electron chi connectivity index (χ1n) is 10.3. The number of hydrogen-bond acceptors (Lipinski definition) is 5. The second kappa shape index (κ2) is 9.98. The zero-order valence-corrected chi connectivity index (χ0v) is 17.3. The van der Waals surface area contributed by atoms with Gasteiger partial charge in [-0.3, -0.25) is 9.59 Å². The fraction of sp³-hybridized carbons (Fsp3) is 0.292. The number of carbonyl (C=O) groups excluding carboxylic acids is 2. The Morgan fingerprint density at radius 2 is 1.90 bits per heavy atom. The molecule has 0 aromatic heterocycles. The van der Waals surface area contributed by atoms with Crippen LogP contribution in [-0.2, 0) is 11.2 Å². The summed E-state index contributed by atoms with van der Waals surface area (Å²) in [4.78, 5) is 31.9. The van der Waals surface area contributed by atoms with E-state index in [4.69, 9.17) is 11.5 Å². The Hall–Kier alpha value is -3.25. The Morgan fingerprint density at radius 3 is 2.60 bits per heavy atom. The van der Waals surface area contributed by atoms with Crippen molar-refractivity contribution < 1.29 is 9.59 Å². The van der Waals surface area contributed by atoms with Gasteiger partial charge in [0.25, 0.3) is 0 Å². The van der Waals surface area contributed by atoms with E-state index in [-0.39, 0.29) is 18.1 Å². The number of benzene rings is 2. The molecule has 0 saturated heterocycles. The molecule has 0 fully saturated rings. The summed E-state index contributed by atoms with van der Waals surface area (Å²) in [5.74, 6) is 0.318. The van der Waals surface area contributed by atoms with Gasteiger partial charge < -0.3 is 16.4 Å². The quantitative estimate of drug-likeness (QED) is 0.660. The summed E-state index contributed by atoms with van der Waals surface area (Å²) in [6.45, 7) is 3.70. The normalized spacial score (nSPS) is 13.0. The molecule has 0 spiro atoms. The number of carbonyl (C=O) groups is 2.